The summed E-state index contributed by atoms with van der Waals surface area (Å²) in [7, 11) is 1.59. The molecule has 9 heteroatoms. The summed E-state index contributed by atoms with van der Waals surface area (Å²) in [6, 6.07) is 20.5. The maximum atomic E-state index is 12.8. The smallest absolute Gasteiger partial charge is 0.273 e. The molecule has 0 radical (unpaired) electrons. The molecule has 2 heterocycles. The third kappa shape index (κ3) is 4.96. The van der Waals surface area contributed by atoms with Crippen molar-refractivity contribution in [3.63, 3.8) is 0 Å². The van der Waals surface area contributed by atoms with Crippen LogP contribution in [-0.2, 0) is 4.79 Å². The van der Waals surface area contributed by atoms with Crippen LogP contribution in [0.4, 0.5) is 5.69 Å². The maximum Gasteiger partial charge on any atom is 0.273 e. The number of hydrazine groups is 1. The van der Waals surface area contributed by atoms with Crippen LogP contribution in [0.2, 0.25) is 0 Å². The highest BCUT2D eigenvalue weighted by molar-refractivity contribution is 7.13. The quantitative estimate of drug-likeness (QED) is 0.377. The second-order valence-corrected chi connectivity index (χ2v) is 7.68. The summed E-state index contributed by atoms with van der Waals surface area (Å²) in [6.07, 6.45) is 1.65. The first-order valence-corrected chi connectivity index (χ1v) is 10.7. The molecule has 0 spiro atoms. The molecule has 2 aromatic heterocycles. The van der Waals surface area contributed by atoms with Gasteiger partial charge in [0.05, 0.1) is 29.8 Å². The number of benzene rings is 2. The molecule has 4 rings (SSSR count). The Morgan fingerprint density at radius 1 is 1.00 bits per heavy atom. The molecule has 0 saturated carbocycles. The van der Waals surface area contributed by atoms with E-state index >= 15 is 0 Å². The second kappa shape index (κ2) is 9.80. The molecule has 0 aliphatic carbocycles. The van der Waals surface area contributed by atoms with Crippen molar-refractivity contribution in [1.82, 2.24) is 20.6 Å². The minimum Gasteiger partial charge on any atom is -0.497 e. The molecule has 3 N–H and O–H groups in total. The van der Waals surface area contributed by atoms with Crippen molar-refractivity contribution in [3.8, 4) is 22.0 Å². The standard InChI is InChI=1S/C23H21N5O3S/c1-31-18-11-9-16(10-12-18)24-14-21(29)25-26-23(30)19-15-28(17-6-3-2-4-7-17)27-22(19)20-8-5-13-32-20/h2-13,15,24H,14H2,1H3,(H,25,29)(H,26,30). The molecular weight excluding hydrogens is 426 g/mol. The van der Waals surface area contributed by atoms with Gasteiger partial charge in [0.15, 0.2) is 0 Å². The monoisotopic (exact) mass is 447 g/mol. The summed E-state index contributed by atoms with van der Waals surface area (Å²) in [4.78, 5) is 25.9. The maximum absolute atomic E-state index is 12.8. The third-order valence-corrected chi connectivity index (χ3v) is 5.47. The number of methoxy groups -OCH3 is 1. The van der Waals surface area contributed by atoms with Crippen LogP contribution in [0.5, 0.6) is 5.75 Å². The van der Waals surface area contributed by atoms with E-state index in [0.29, 0.717) is 11.3 Å². The van der Waals surface area contributed by atoms with Gasteiger partial charge in [-0.2, -0.15) is 5.10 Å². The van der Waals surface area contributed by atoms with Gasteiger partial charge in [-0.3, -0.25) is 20.4 Å². The van der Waals surface area contributed by atoms with Gasteiger partial charge in [-0.25, -0.2) is 4.68 Å². The lowest BCUT2D eigenvalue weighted by Crippen LogP contribution is -2.44. The van der Waals surface area contributed by atoms with E-state index in [4.69, 9.17) is 4.74 Å². The summed E-state index contributed by atoms with van der Waals surface area (Å²) in [5.74, 6) is -0.111. The highest BCUT2D eigenvalue weighted by Gasteiger charge is 2.19. The van der Waals surface area contributed by atoms with E-state index in [0.717, 1.165) is 22.0 Å². The van der Waals surface area contributed by atoms with Gasteiger partial charge in [-0.15, -0.1) is 11.3 Å². The number of para-hydroxylation sites is 1. The molecule has 0 saturated heterocycles. The van der Waals surface area contributed by atoms with E-state index in [2.05, 4.69) is 21.3 Å². The number of amides is 2. The lowest BCUT2D eigenvalue weighted by molar-refractivity contribution is -0.120. The molecule has 0 aliphatic rings. The van der Waals surface area contributed by atoms with Crippen LogP contribution in [0, 0.1) is 0 Å². The van der Waals surface area contributed by atoms with E-state index in [-0.39, 0.29) is 12.5 Å². The number of rotatable bonds is 7. The van der Waals surface area contributed by atoms with Gasteiger partial charge < -0.3 is 10.1 Å². The van der Waals surface area contributed by atoms with Crippen LogP contribution < -0.4 is 20.9 Å². The molecule has 2 aromatic carbocycles. The highest BCUT2D eigenvalue weighted by atomic mass is 32.1. The second-order valence-electron chi connectivity index (χ2n) is 6.73. The number of nitrogens with zero attached hydrogens (tertiary/aromatic N) is 2. The normalized spacial score (nSPS) is 10.4. The predicted octanol–water partition coefficient (Wildman–Crippen LogP) is 3.48. The molecule has 0 bridgehead atoms. The Hall–Kier alpha value is -4.11. The number of thiophene rings is 1. The van der Waals surface area contributed by atoms with E-state index in [1.807, 2.05) is 47.8 Å². The molecule has 4 aromatic rings. The Balaban J connectivity index is 1.42. The number of ether oxygens (including phenoxy) is 1. The van der Waals surface area contributed by atoms with Gasteiger partial charge in [0.25, 0.3) is 11.8 Å². The number of carbonyl (C=O) groups excluding carboxylic acids is 2. The van der Waals surface area contributed by atoms with Crippen molar-refractivity contribution in [2.24, 2.45) is 0 Å². The summed E-state index contributed by atoms with van der Waals surface area (Å²) >= 11 is 1.49. The Kier molecular flexibility index (Phi) is 6.47. The molecular formula is C23H21N5O3S. The Morgan fingerprint density at radius 2 is 1.78 bits per heavy atom. The van der Waals surface area contributed by atoms with Crippen molar-refractivity contribution in [2.75, 3.05) is 19.0 Å². The summed E-state index contributed by atoms with van der Waals surface area (Å²) < 4.78 is 6.76. The van der Waals surface area contributed by atoms with Crippen LogP contribution in [0.3, 0.4) is 0 Å². The van der Waals surface area contributed by atoms with Crippen molar-refractivity contribution >= 4 is 28.8 Å². The highest BCUT2D eigenvalue weighted by Crippen LogP contribution is 2.27. The number of aromatic nitrogens is 2. The minimum atomic E-state index is -0.451. The first-order valence-electron chi connectivity index (χ1n) is 9.80. The van der Waals surface area contributed by atoms with Crippen molar-refractivity contribution in [1.29, 1.82) is 0 Å². The Morgan fingerprint density at radius 3 is 2.47 bits per heavy atom. The first kappa shape index (κ1) is 21.1. The van der Waals surface area contributed by atoms with Gasteiger partial charge >= 0.3 is 0 Å². The van der Waals surface area contributed by atoms with E-state index < -0.39 is 5.91 Å². The molecule has 0 fully saturated rings. The number of hydrogen-bond donors (Lipinski definition) is 3. The molecule has 2 amide bonds. The molecule has 32 heavy (non-hydrogen) atoms. The SMILES string of the molecule is COc1ccc(NCC(=O)NNC(=O)c2cn(-c3ccccc3)nc2-c2cccs2)cc1. The van der Waals surface area contributed by atoms with Gasteiger partial charge in [-0.05, 0) is 47.8 Å². The number of nitrogens with one attached hydrogen (secondary N) is 3. The zero-order valence-corrected chi connectivity index (χ0v) is 18.1. The number of anilines is 1. The van der Waals surface area contributed by atoms with E-state index in [1.54, 1.807) is 42.3 Å². The minimum absolute atomic E-state index is 0.00628. The molecule has 0 unspecified atom stereocenters. The Labute approximate surface area is 188 Å². The average molecular weight is 448 g/mol. The van der Waals surface area contributed by atoms with Crippen molar-refractivity contribution < 1.29 is 14.3 Å². The fraction of sp³-hybridized carbons (Fsp3) is 0.0870. The summed E-state index contributed by atoms with van der Waals surface area (Å²) in [5.41, 5.74) is 7.41. The molecule has 8 nitrogen and oxygen atoms in total. The van der Waals surface area contributed by atoms with E-state index in [1.165, 1.54) is 11.3 Å². The fourth-order valence-corrected chi connectivity index (χ4v) is 3.70. The molecule has 162 valence electrons. The Bertz CT molecular complexity index is 1190. The lowest BCUT2D eigenvalue weighted by Gasteiger charge is -2.09. The van der Waals surface area contributed by atoms with Crippen LogP contribution in [0.1, 0.15) is 10.4 Å². The van der Waals surface area contributed by atoms with Crippen LogP contribution in [-0.4, -0.2) is 35.2 Å². The van der Waals surface area contributed by atoms with Crippen LogP contribution in [0.25, 0.3) is 16.3 Å². The van der Waals surface area contributed by atoms with Gasteiger partial charge in [-0.1, -0.05) is 24.3 Å². The zero-order valence-electron chi connectivity index (χ0n) is 17.2. The topological polar surface area (TPSA) is 97.3 Å². The lowest BCUT2D eigenvalue weighted by atomic mass is 10.2. The van der Waals surface area contributed by atoms with Crippen LogP contribution in [0.15, 0.2) is 78.3 Å². The number of hydrogen-bond acceptors (Lipinski definition) is 6. The fourth-order valence-electron chi connectivity index (χ4n) is 2.98. The van der Waals surface area contributed by atoms with E-state index in [9.17, 15) is 9.59 Å². The van der Waals surface area contributed by atoms with Gasteiger partial charge in [0.1, 0.15) is 11.4 Å². The number of carbonyl (C=O) groups is 2. The van der Waals surface area contributed by atoms with Gasteiger partial charge in [0.2, 0.25) is 0 Å². The van der Waals surface area contributed by atoms with Crippen LogP contribution >= 0.6 is 11.3 Å². The predicted molar refractivity (Wildman–Crippen MR) is 124 cm³/mol. The average Bonchev–Trinajstić information content (AvgIpc) is 3.52. The van der Waals surface area contributed by atoms with Crippen molar-refractivity contribution in [2.45, 2.75) is 0 Å². The van der Waals surface area contributed by atoms with Gasteiger partial charge in [0, 0.05) is 11.9 Å². The zero-order chi connectivity index (χ0) is 22.3. The molecule has 0 atom stereocenters. The summed E-state index contributed by atoms with van der Waals surface area (Å²) in [5, 5.41) is 9.50. The molecule has 0 aliphatic heterocycles. The third-order valence-electron chi connectivity index (χ3n) is 4.59. The first-order chi connectivity index (χ1) is 15.6. The van der Waals surface area contributed by atoms with Crippen molar-refractivity contribution in [3.05, 3.63) is 83.9 Å². The summed E-state index contributed by atoms with van der Waals surface area (Å²) in [6.45, 7) is -0.00628. The largest absolute Gasteiger partial charge is 0.497 e.